The maximum Gasteiger partial charge on any atom is 0.326 e. The molecule has 440 valence electrons. The maximum absolute atomic E-state index is 14.0. The Morgan fingerprint density at radius 3 is 1.69 bits per heavy atom. The van der Waals surface area contributed by atoms with Gasteiger partial charge in [-0.3, -0.25) is 52.9 Å². The number of thiol groups is 2. The van der Waals surface area contributed by atoms with Gasteiger partial charge in [0.1, 0.15) is 59.8 Å². The Balaban J connectivity index is 1.68. The van der Waals surface area contributed by atoms with Gasteiger partial charge in [0.25, 0.3) is 0 Å². The Morgan fingerprint density at radius 1 is 0.650 bits per heavy atom. The van der Waals surface area contributed by atoms with Gasteiger partial charge in [-0.05, 0) is 68.0 Å². The number of phenolic OH excluding ortho intramolecular Hbond substituents is 2. The average Bonchev–Trinajstić information content (AvgIpc) is 3.96. The molecule has 0 radical (unpaired) electrons. The van der Waals surface area contributed by atoms with E-state index in [2.05, 4.69) is 78.1 Å². The molecule has 0 aliphatic carbocycles. The zero-order valence-corrected chi connectivity index (χ0v) is 45.3. The maximum atomic E-state index is 14.0. The first-order valence-electron chi connectivity index (χ1n) is 24.9. The average molecular weight is 1160 g/mol. The molecule has 1 aliphatic rings. The number of carbonyl (C=O) groups excluding carboxylic acids is 10. The van der Waals surface area contributed by atoms with Gasteiger partial charge in [0.15, 0.2) is 5.96 Å². The fraction of sp³-hybridized carbons (Fsp3) is 0.500. The third kappa shape index (κ3) is 22.1. The van der Waals surface area contributed by atoms with Crippen LogP contribution in [0.15, 0.2) is 53.5 Å². The summed E-state index contributed by atoms with van der Waals surface area (Å²) >= 11 is 8.40. The topological polar surface area (TPSA) is 491 Å². The number of aliphatic carboxylic acids is 1. The summed E-state index contributed by atoms with van der Waals surface area (Å²) in [6.45, 7) is -1.52. The van der Waals surface area contributed by atoms with E-state index in [4.69, 9.17) is 17.2 Å². The first-order chi connectivity index (χ1) is 37.9. The molecule has 20 N–H and O–H groups in total. The van der Waals surface area contributed by atoms with Crippen molar-refractivity contribution >= 4 is 96.3 Å². The van der Waals surface area contributed by atoms with E-state index in [0.717, 1.165) is 11.8 Å². The Bertz CT molecular complexity index is 2520. The fourth-order valence-corrected chi connectivity index (χ4v) is 8.26. The van der Waals surface area contributed by atoms with Crippen LogP contribution in [0.1, 0.15) is 43.7 Å². The van der Waals surface area contributed by atoms with E-state index in [0.29, 0.717) is 17.5 Å². The molecule has 0 aromatic heterocycles. The number of aliphatic imine (C=N–C) groups is 1. The smallest absolute Gasteiger partial charge is 0.326 e. The zero-order valence-electron chi connectivity index (χ0n) is 43.5. The zero-order chi connectivity index (χ0) is 59.6. The van der Waals surface area contributed by atoms with Crippen LogP contribution in [0.2, 0.25) is 0 Å². The second-order valence-corrected chi connectivity index (χ2v) is 18.9. The van der Waals surface area contributed by atoms with Crippen LogP contribution >= 0.6 is 25.3 Å². The molecule has 1 saturated heterocycles. The summed E-state index contributed by atoms with van der Waals surface area (Å²) in [4.78, 5) is 150. The predicted molar refractivity (Wildman–Crippen MR) is 291 cm³/mol. The minimum absolute atomic E-state index is 0.0225. The van der Waals surface area contributed by atoms with E-state index in [1.54, 1.807) is 0 Å². The highest BCUT2D eigenvalue weighted by atomic mass is 32.1. The molecule has 0 spiro atoms. The van der Waals surface area contributed by atoms with Crippen LogP contribution in [-0.4, -0.2) is 207 Å². The van der Waals surface area contributed by atoms with Crippen molar-refractivity contribution < 1.29 is 78.3 Å². The molecule has 0 bridgehead atoms. The number of phenols is 2. The predicted octanol–water partition coefficient (Wildman–Crippen LogP) is -7.17. The van der Waals surface area contributed by atoms with Crippen molar-refractivity contribution in [3.8, 4) is 11.5 Å². The van der Waals surface area contributed by atoms with Crippen LogP contribution in [0.4, 0.5) is 0 Å². The number of aliphatic hydroxyl groups is 2. The standard InChI is InChI=1S/C48H70N14O16S2/c1-24(64)39(45(75)60-34(23-80)46(76)62-15-3-5-35(62)44(74)54-19-37(68)53-20-38(69)55-31(47(77)78)17-26-8-12-28(66)13-9-26)61-43(73)33(22-79)59-40(70)29(4-2-14-52-48(50)51)57-41(71)30(16-25-6-10-27(65)11-7-25)58-42(72)32(21-63)56-36(67)18-49/h6-13,24,29-35,39,63-66,79-80H,2-5,14-23,49H2,1H3,(H,53,68)(H,54,74)(H,55,69)(H,56,67)(H,57,71)(H,58,72)(H,59,70)(H,60,75)(H,61,73)(H,77,78)(H4,50,51,52)/t24-,29+,30+,31+,32+,33+,34+,35+,39+/m1/s1. The molecule has 1 aliphatic heterocycles. The van der Waals surface area contributed by atoms with Gasteiger partial charge in [-0.2, -0.15) is 25.3 Å². The monoisotopic (exact) mass is 1160 g/mol. The second kappa shape index (κ2) is 33.5. The van der Waals surface area contributed by atoms with Crippen LogP contribution in [0.5, 0.6) is 11.5 Å². The van der Waals surface area contributed by atoms with Crippen LogP contribution in [0, 0.1) is 0 Å². The summed E-state index contributed by atoms with van der Waals surface area (Å²) in [6.07, 6.45) is -1.60. The first kappa shape index (κ1) is 66.3. The lowest BCUT2D eigenvalue weighted by atomic mass is 10.0. The van der Waals surface area contributed by atoms with E-state index < -0.39 is 151 Å². The van der Waals surface area contributed by atoms with Crippen LogP contribution in [0.25, 0.3) is 0 Å². The van der Waals surface area contributed by atoms with E-state index in [-0.39, 0.29) is 68.4 Å². The summed E-state index contributed by atoms with van der Waals surface area (Å²) in [6, 6.07) is -0.562. The first-order valence-corrected chi connectivity index (χ1v) is 26.2. The van der Waals surface area contributed by atoms with Crippen molar-refractivity contribution in [3.63, 3.8) is 0 Å². The normalized spacial score (nSPS) is 15.8. The number of aliphatic hydroxyl groups excluding tert-OH is 2. The number of likely N-dealkylation sites (tertiary alicyclic amines) is 1. The van der Waals surface area contributed by atoms with Crippen LogP contribution < -0.4 is 65.1 Å². The van der Waals surface area contributed by atoms with Gasteiger partial charge >= 0.3 is 5.97 Å². The molecule has 3 rings (SSSR count). The number of nitrogens with zero attached hydrogens (tertiary/aromatic N) is 2. The lowest BCUT2D eigenvalue weighted by molar-refractivity contribution is -0.142. The number of carboxylic acid groups (broad SMARTS) is 1. The summed E-state index contributed by atoms with van der Waals surface area (Å²) in [5.41, 5.74) is 17.2. The van der Waals surface area contributed by atoms with Gasteiger partial charge in [0.05, 0.1) is 32.3 Å². The highest BCUT2D eigenvalue weighted by molar-refractivity contribution is 7.80. The molecule has 9 atom stereocenters. The molecule has 1 heterocycles. The number of carboxylic acids is 1. The third-order valence-corrected chi connectivity index (χ3v) is 12.7. The Hall–Kier alpha value is -7.94. The quantitative estimate of drug-likeness (QED) is 0.0140. The van der Waals surface area contributed by atoms with Crippen molar-refractivity contribution in [2.45, 2.75) is 99.9 Å². The number of aromatic hydroxyl groups is 2. The summed E-state index contributed by atoms with van der Waals surface area (Å²) in [7, 11) is 0. The van der Waals surface area contributed by atoms with E-state index >= 15 is 0 Å². The highest BCUT2D eigenvalue weighted by Crippen LogP contribution is 2.20. The van der Waals surface area contributed by atoms with Crippen molar-refractivity contribution in [1.82, 2.24) is 52.8 Å². The number of hydrogen-bond donors (Lipinski definition) is 19. The molecule has 0 saturated carbocycles. The number of amides is 10. The third-order valence-electron chi connectivity index (χ3n) is 12.0. The molecule has 80 heavy (non-hydrogen) atoms. The van der Waals surface area contributed by atoms with Gasteiger partial charge in [-0.1, -0.05) is 24.3 Å². The molecule has 10 amide bonds. The molecular weight excluding hydrogens is 1090 g/mol. The fourth-order valence-electron chi connectivity index (χ4n) is 7.76. The Morgan fingerprint density at radius 2 is 1.15 bits per heavy atom. The number of carbonyl (C=O) groups is 11. The van der Waals surface area contributed by atoms with E-state index in [9.17, 15) is 78.3 Å². The minimum atomic E-state index is -1.78. The summed E-state index contributed by atoms with van der Waals surface area (Å²) in [5, 5.41) is 70.7. The molecule has 0 unspecified atom stereocenters. The van der Waals surface area contributed by atoms with Crippen LogP contribution in [-0.2, 0) is 65.6 Å². The Kier molecular flexibility index (Phi) is 27.8. The Labute approximate surface area is 469 Å². The second-order valence-electron chi connectivity index (χ2n) is 18.2. The number of nitrogens with one attached hydrogen (secondary N) is 9. The van der Waals surface area contributed by atoms with Crippen LogP contribution in [0.3, 0.4) is 0 Å². The van der Waals surface area contributed by atoms with Gasteiger partial charge < -0.3 is 95.5 Å². The van der Waals surface area contributed by atoms with Gasteiger partial charge in [-0.25, -0.2) is 4.79 Å². The van der Waals surface area contributed by atoms with Gasteiger partial charge in [-0.15, -0.1) is 0 Å². The van der Waals surface area contributed by atoms with Gasteiger partial charge in [0.2, 0.25) is 59.1 Å². The summed E-state index contributed by atoms with van der Waals surface area (Å²) < 4.78 is 0. The lowest BCUT2D eigenvalue weighted by Crippen LogP contribution is -2.62. The lowest BCUT2D eigenvalue weighted by Gasteiger charge is -2.30. The largest absolute Gasteiger partial charge is 0.508 e. The highest BCUT2D eigenvalue weighted by Gasteiger charge is 2.39. The molecule has 32 heteroatoms. The molecule has 2 aromatic carbocycles. The van der Waals surface area contributed by atoms with Crippen molar-refractivity contribution in [3.05, 3.63) is 59.7 Å². The number of guanidine groups is 1. The minimum Gasteiger partial charge on any atom is -0.508 e. The van der Waals surface area contributed by atoms with Gasteiger partial charge in [0, 0.05) is 37.4 Å². The van der Waals surface area contributed by atoms with Crippen molar-refractivity contribution in [2.75, 3.05) is 50.8 Å². The SMILES string of the molecule is C[C@@H](O)[C@H](NC(=O)[C@H](CS)NC(=O)[C@H](CCCN=C(N)N)NC(=O)[C@H](Cc1ccc(O)cc1)NC(=O)[C@H](CO)NC(=O)CN)C(=O)N[C@@H](CS)C(=O)N1CCC[C@H]1C(=O)NCC(=O)NCC(=O)N[C@@H](Cc1ccc(O)cc1)C(=O)O. The number of hydrogen-bond acceptors (Lipinski definition) is 19. The molecule has 1 fully saturated rings. The van der Waals surface area contributed by atoms with E-state index in [1.807, 2.05) is 0 Å². The number of rotatable bonds is 32. The molecular formula is C48H70N14O16S2. The number of nitrogens with two attached hydrogens (primary N) is 3. The van der Waals surface area contributed by atoms with Crippen molar-refractivity contribution in [2.24, 2.45) is 22.2 Å². The summed E-state index contributed by atoms with van der Waals surface area (Å²) in [5.74, 6) is -11.6. The molecule has 30 nitrogen and oxygen atoms in total. The number of benzene rings is 2. The van der Waals surface area contributed by atoms with E-state index in [1.165, 1.54) is 48.5 Å². The van der Waals surface area contributed by atoms with Crippen molar-refractivity contribution in [1.29, 1.82) is 0 Å². The molecule has 2 aromatic rings.